The minimum atomic E-state index is -0.277. The van der Waals surface area contributed by atoms with Gasteiger partial charge in [-0.3, -0.25) is 9.59 Å². The molecular formula is C12H18N4O3. The number of carbonyl (C=O) groups is 2. The molecule has 0 aromatic carbocycles. The molecule has 1 rings (SSSR count). The fraction of sp³-hybridized carbons (Fsp3) is 0.500. The summed E-state index contributed by atoms with van der Waals surface area (Å²) in [7, 11) is 1.53. The lowest BCUT2D eigenvalue weighted by molar-refractivity contribution is -0.143. The van der Waals surface area contributed by atoms with Crippen LogP contribution in [0.2, 0.25) is 0 Å². The number of aromatic nitrogens is 2. The van der Waals surface area contributed by atoms with Gasteiger partial charge in [0, 0.05) is 20.0 Å². The van der Waals surface area contributed by atoms with Crippen LogP contribution in [0, 0.1) is 0 Å². The highest BCUT2D eigenvalue weighted by Gasteiger charge is 2.05. The first kappa shape index (κ1) is 14.9. The smallest absolute Gasteiger partial charge is 0.305 e. The fourth-order valence-corrected chi connectivity index (χ4v) is 1.36. The first-order valence-electron chi connectivity index (χ1n) is 6.12. The molecule has 0 saturated heterocycles. The Morgan fingerprint density at radius 3 is 2.68 bits per heavy atom. The predicted octanol–water partition coefficient (Wildman–Crippen LogP) is 0.591. The Balaban J connectivity index is 2.30. The highest BCUT2D eigenvalue weighted by Crippen LogP contribution is 2.03. The maximum atomic E-state index is 11.2. The van der Waals surface area contributed by atoms with Gasteiger partial charge in [0.15, 0.2) is 5.69 Å². The molecule has 1 heterocycles. The summed E-state index contributed by atoms with van der Waals surface area (Å²) in [5, 5.41) is 13.1. The molecule has 0 aliphatic carbocycles. The maximum Gasteiger partial charge on any atom is 0.305 e. The second-order valence-corrected chi connectivity index (χ2v) is 3.72. The molecule has 0 aliphatic rings. The van der Waals surface area contributed by atoms with E-state index in [-0.39, 0.29) is 17.6 Å². The van der Waals surface area contributed by atoms with E-state index in [2.05, 4.69) is 20.8 Å². The summed E-state index contributed by atoms with van der Waals surface area (Å²) >= 11 is 0. The van der Waals surface area contributed by atoms with Crippen LogP contribution in [0.5, 0.6) is 0 Å². The van der Waals surface area contributed by atoms with Gasteiger partial charge in [-0.25, -0.2) is 0 Å². The number of carbonyl (C=O) groups excluding carboxylic acids is 2. The molecule has 2 N–H and O–H groups in total. The summed E-state index contributed by atoms with van der Waals surface area (Å²) in [5.74, 6) is 0.0863. The van der Waals surface area contributed by atoms with Gasteiger partial charge in [0.25, 0.3) is 5.91 Å². The molecule has 0 bridgehead atoms. The third-order valence-corrected chi connectivity index (χ3v) is 2.29. The van der Waals surface area contributed by atoms with Crippen molar-refractivity contribution in [3.63, 3.8) is 0 Å². The molecule has 0 radical (unpaired) electrons. The molecule has 19 heavy (non-hydrogen) atoms. The zero-order chi connectivity index (χ0) is 14.1. The van der Waals surface area contributed by atoms with Crippen LogP contribution in [-0.2, 0) is 9.53 Å². The molecule has 7 nitrogen and oxygen atoms in total. The van der Waals surface area contributed by atoms with Gasteiger partial charge in [-0.15, -0.1) is 10.2 Å². The van der Waals surface area contributed by atoms with Gasteiger partial charge < -0.3 is 15.4 Å². The second-order valence-electron chi connectivity index (χ2n) is 3.72. The summed E-state index contributed by atoms with van der Waals surface area (Å²) in [6.07, 6.45) is 1.02. The van der Waals surface area contributed by atoms with Gasteiger partial charge in [0.05, 0.1) is 6.61 Å². The molecule has 0 spiro atoms. The summed E-state index contributed by atoms with van der Waals surface area (Å²) in [5.41, 5.74) is 0.263. The lowest BCUT2D eigenvalue weighted by atomic mass is 10.3. The van der Waals surface area contributed by atoms with Crippen LogP contribution in [0.15, 0.2) is 12.1 Å². The molecule has 104 valence electrons. The quantitative estimate of drug-likeness (QED) is 0.554. The molecule has 0 unspecified atom stereocenters. The third-order valence-electron chi connectivity index (χ3n) is 2.29. The largest absolute Gasteiger partial charge is 0.466 e. The topological polar surface area (TPSA) is 93.2 Å². The van der Waals surface area contributed by atoms with E-state index in [0.29, 0.717) is 31.8 Å². The first-order chi connectivity index (χ1) is 9.17. The fourth-order valence-electron chi connectivity index (χ4n) is 1.36. The molecule has 0 saturated carbocycles. The van der Waals surface area contributed by atoms with Crippen LogP contribution in [0.25, 0.3) is 0 Å². The van der Waals surface area contributed by atoms with Crippen LogP contribution in [0.1, 0.15) is 30.3 Å². The maximum absolute atomic E-state index is 11.2. The number of rotatable bonds is 7. The van der Waals surface area contributed by atoms with E-state index in [4.69, 9.17) is 4.74 Å². The zero-order valence-electron chi connectivity index (χ0n) is 11.1. The Bertz CT molecular complexity index is 419. The Morgan fingerprint density at radius 1 is 1.32 bits per heavy atom. The third kappa shape index (κ3) is 5.33. The zero-order valence-corrected chi connectivity index (χ0v) is 11.1. The van der Waals surface area contributed by atoms with E-state index in [1.54, 1.807) is 19.1 Å². The molecular weight excluding hydrogens is 248 g/mol. The Labute approximate surface area is 111 Å². The molecule has 1 aromatic rings. The lowest BCUT2D eigenvalue weighted by Gasteiger charge is -2.05. The van der Waals surface area contributed by atoms with Crippen molar-refractivity contribution in [2.24, 2.45) is 0 Å². The summed E-state index contributed by atoms with van der Waals surface area (Å²) in [6.45, 7) is 2.77. The van der Waals surface area contributed by atoms with Crippen LogP contribution < -0.4 is 10.6 Å². The summed E-state index contributed by atoms with van der Waals surface area (Å²) in [4.78, 5) is 22.3. The minimum Gasteiger partial charge on any atom is -0.466 e. The van der Waals surface area contributed by atoms with E-state index in [1.165, 1.54) is 7.05 Å². The van der Waals surface area contributed by atoms with Crippen LogP contribution in [0.3, 0.4) is 0 Å². The van der Waals surface area contributed by atoms with Crippen molar-refractivity contribution in [2.45, 2.75) is 19.8 Å². The molecule has 0 atom stereocenters. The Morgan fingerprint density at radius 2 is 2.11 bits per heavy atom. The van der Waals surface area contributed by atoms with Crippen LogP contribution >= 0.6 is 0 Å². The van der Waals surface area contributed by atoms with Gasteiger partial charge in [0.1, 0.15) is 5.82 Å². The van der Waals surface area contributed by atoms with Crippen molar-refractivity contribution in [3.8, 4) is 0 Å². The molecule has 7 heteroatoms. The van der Waals surface area contributed by atoms with Crippen LogP contribution in [-0.4, -0.2) is 42.3 Å². The van der Waals surface area contributed by atoms with Gasteiger partial charge in [-0.2, -0.15) is 0 Å². The van der Waals surface area contributed by atoms with Crippen molar-refractivity contribution in [3.05, 3.63) is 17.8 Å². The van der Waals surface area contributed by atoms with E-state index >= 15 is 0 Å². The summed E-state index contributed by atoms with van der Waals surface area (Å²) < 4.78 is 4.81. The van der Waals surface area contributed by atoms with E-state index in [1.807, 2.05) is 0 Å². The molecule has 1 amide bonds. The molecule has 0 fully saturated rings. The lowest BCUT2D eigenvalue weighted by Crippen LogP contribution is -2.19. The number of ether oxygens (including phenoxy) is 1. The molecule has 0 aliphatic heterocycles. The van der Waals surface area contributed by atoms with Crippen molar-refractivity contribution < 1.29 is 14.3 Å². The average Bonchev–Trinajstić information content (AvgIpc) is 2.44. The van der Waals surface area contributed by atoms with E-state index in [0.717, 1.165) is 0 Å². The second kappa shape index (κ2) is 8.02. The SMILES string of the molecule is CCOC(=O)CCCNc1ccc(C(=O)NC)nn1. The van der Waals surface area contributed by atoms with Gasteiger partial charge in [-0.05, 0) is 25.5 Å². The number of hydrogen-bond acceptors (Lipinski definition) is 6. The normalized spacial score (nSPS) is 9.79. The highest BCUT2D eigenvalue weighted by atomic mass is 16.5. The predicted molar refractivity (Wildman–Crippen MR) is 69.8 cm³/mol. The van der Waals surface area contributed by atoms with Gasteiger partial charge in [-0.1, -0.05) is 0 Å². The van der Waals surface area contributed by atoms with E-state index in [9.17, 15) is 9.59 Å². The number of amides is 1. The number of nitrogens with one attached hydrogen (secondary N) is 2. The van der Waals surface area contributed by atoms with Gasteiger partial charge in [0.2, 0.25) is 0 Å². The summed E-state index contributed by atoms with van der Waals surface area (Å²) in [6, 6.07) is 3.25. The molecule has 1 aromatic heterocycles. The Kier molecular flexibility index (Phi) is 6.28. The van der Waals surface area contributed by atoms with Crippen LogP contribution in [0.4, 0.5) is 5.82 Å². The number of nitrogens with zero attached hydrogens (tertiary/aromatic N) is 2. The van der Waals surface area contributed by atoms with Crippen molar-refractivity contribution in [1.29, 1.82) is 0 Å². The minimum absolute atomic E-state index is 0.203. The monoisotopic (exact) mass is 266 g/mol. The van der Waals surface area contributed by atoms with Crippen molar-refractivity contribution in [2.75, 3.05) is 25.5 Å². The van der Waals surface area contributed by atoms with Gasteiger partial charge >= 0.3 is 5.97 Å². The van der Waals surface area contributed by atoms with Crippen molar-refractivity contribution >= 4 is 17.7 Å². The highest BCUT2D eigenvalue weighted by molar-refractivity contribution is 5.91. The standard InChI is InChI=1S/C12H18N4O3/c1-3-19-11(17)5-4-8-14-10-7-6-9(15-16-10)12(18)13-2/h6-7H,3-5,8H2,1-2H3,(H,13,18)(H,14,16). The number of esters is 1. The first-order valence-corrected chi connectivity index (χ1v) is 6.12. The van der Waals surface area contributed by atoms with E-state index < -0.39 is 0 Å². The number of anilines is 1. The average molecular weight is 266 g/mol. The Hall–Kier alpha value is -2.18. The number of hydrogen-bond donors (Lipinski definition) is 2. The van der Waals surface area contributed by atoms with Crippen molar-refractivity contribution in [1.82, 2.24) is 15.5 Å².